The van der Waals surface area contributed by atoms with Crippen molar-refractivity contribution < 1.29 is 24.5 Å². The van der Waals surface area contributed by atoms with Gasteiger partial charge in [-0.1, -0.05) is 18.7 Å². The number of nitrogens with one attached hydrogen (secondary N) is 1. The van der Waals surface area contributed by atoms with Crippen LogP contribution in [0.3, 0.4) is 0 Å². The van der Waals surface area contributed by atoms with Crippen LogP contribution in [0.25, 0.3) is 0 Å². The number of allylic oxidation sites excluding steroid dienone is 1. The highest BCUT2D eigenvalue weighted by molar-refractivity contribution is 5.94. The summed E-state index contributed by atoms with van der Waals surface area (Å²) in [7, 11) is 0. The Morgan fingerprint density at radius 3 is 1.92 bits per heavy atom. The molecule has 3 N–H and O–H groups in total. The van der Waals surface area contributed by atoms with E-state index in [1.165, 1.54) is 11.8 Å². The van der Waals surface area contributed by atoms with Gasteiger partial charge in [-0.05, 0) is 106 Å². The number of carboxylic acid groups (broad SMARTS) is 1. The van der Waals surface area contributed by atoms with Crippen molar-refractivity contribution in [2.75, 3.05) is 18.5 Å². The Labute approximate surface area is 231 Å². The molecule has 0 spiro atoms. The molecule has 3 aromatic rings. The van der Waals surface area contributed by atoms with Gasteiger partial charge in [0.2, 0.25) is 0 Å². The van der Waals surface area contributed by atoms with E-state index in [0.717, 1.165) is 71.5 Å². The van der Waals surface area contributed by atoms with E-state index in [1.807, 2.05) is 26.0 Å². The third kappa shape index (κ3) is 8.77. The second-order valence-corrected chi connectivity index (χ2v) is 10.0. The van der Waals surface area contributed by atoms with Crippen LogP contribution >= 0.6 is 0 Å². The maximum Gasteiger partial charge on any atom is 0.339 e. The topological polar surface area (TPSA) is 101 Å². The summed E-state index contributed by atoms with van der Waals surface area (Å²) in [5.41, 5.74) is 6.86. The van der Waals surface area contributed by atoms with Crippen molar-refractivity contribution >= 4 is 17.3 Å². The molecule has 0 radical (unpaired) electrons. The number of benzene rings is 2. The lowest BCUT2D eigenvalue weighted by Gasteiger charge is -2.16. The average molecular weight is 533 g/mol. The van der Waals surface area contributed by atoms with Crippen LogP contribution in [0.4, 0.5) is 11.4 Å². The molecule has 7 heteroatoms. The Morgan fingerprint density at radius 2 is 1.41 bits per heavy atom. The number of aliphatic hydroxyl groups is 1. The van der Waals surface area contributed by atoms with Gasteiger partial charge in [-0.3, -0.25) is 4.98 Å². The molecule has 3 rings (SSSR count). The average Bonchev–Trinajstić information content (AvgIpc) is 2.87. The fourth-order valence-electron chi connectivity index (χ4n) is 4.69. The lowest BCUT2D eigenvalue weighted by atomic mass is 10.0. The first-order valence-corrected chi connectivity index (χ1v) is 13.4. The second-order valence-electron chi connectivity index (χ2n) is 10.0. The molecule has 1 aromatic heterocycles. The molecule has 1 heterocycles. The van der Waals surface area contributed by atoms with E-state index in [9.17, 15) is 15.0 Å². The Kier molecular flexibility index (Phi) is 10.8. The Bertz CT molecular complexity index is 1260. The van der Waals surface area contributed by atoms with Crippen LogP contribution in [0.1, 0.15) is 70.3 Å². The van der Waals surface area contributed by atoms with Crippen molar-refractivity contribution in [2.45, 2.75) is 66.2 Å². The molecule has 2 aromatic carbocycles. The van der Waals surface area contributed by atoms with Gasteiger partial charge < -0.3 is 25.0 Å². The number of aromatic carboxylic acids is 1. The van der Waals surface area contributed by atoms with Gasteiger partial charge in [-0.2, -0.15) is 0 Å². The fourth-order valence-corrected chi connectivity index (χ4v) is 4.69. The summed E-state index contributed by atoms with van der Waals surface area (Å²) in [5, 5.41) is 21.9. The number of ether oxygens (including phenoxy) is 2. The highest BCUT2D eigenvalue weighted by Gasteiger charge is 2.12. The summed E-state index contributed by atoms with van der Waals surface area (Å²) in [6.07, 6.45) is 8.33. The van der Waals surface area contributed by atoms with E-state index >= 15 is 0 Å². The highest BCUT2D eigenvalue weighted by atomic mass is 16.5. The van der Waals surface area contributed by atoms with Crippen LogP contribution in [-0.4, -0.2) is 34.4 Å². The van der Waals surface area contributed by atoms with Crippen LogP contribution in [0.2, 0.25) is 0 Å². The van der Waals surface area contributed by atoms with E-state index in [0.29, 0.717) is 25.3 Å². The van der Waals surface area contributed by atoms with Gasteiger partial charge >= 0.3 is 5.97 Å². The minimum absolute atomic E-state index is 0.128. The van der Waals surface area contributed by atoms with Crippen molar-refractivity contribution in [2.24, 2.45) is 0 Å². The second kappa shape index (κ2) is 14.2. The van der Waals surface area contributed by atoms with Crippen molar-refractivity contribution in [3.63, 3.8) is 0 Å². The first-order chi connectivity index (χ1) is 18.7. The number of nitrogens with zero attached hydrogens (tertiary/aromatic N) is 1. The fraction of sp³-hybridized carbons (Fsp3) is 0.375. The molecule has 208 valence electrons. The molecular formula is C32H40N2O5. The van der Waals surface area contributed by atoms with E-state index in [-0.39, 0.29) is 11.3 Å². The van der Waals surface area contributed by atoms with Gasteiger partial charge in [-0.15, -0.1) is 0 Å². The number of aryl methyl sites for hydroxylation is 5. The number of hydrogen-bond acceptors (Lipinski definition) is 6. The molecule has 39 heavy (non-hydrogen) atoms. The lowest BCUT2D eigenvalue weighted by molar-refractivity contribution is 0.0697. The molecule has 0 saturated heterocycles. The summed E-state index contributed by atoms with van der Waals surface area (Å²) in [4.78, 5) is 15.4. The third-order valence-corrected chi connectivity index (χ3v) is 6.54. The lowest BCUT2D eigenvalue weighted by Crippen LogP contribution is -2.05. The predicted molar refractivity (Wildman–Crippen MR) is 156 cm³/mol. The number of hydrogen-bond donors (Lipinski definition) is 3. The SMILES string of the molecule is C=C(O)CCc1cc(C)c(OCCCCCCOc2c(C)cc(Nc3ccncc3C(=O)O)cc2C)c(C)c1. The number of pyridine rings is 1. The third-order valence-electron chi connectivity index (χ3n) is 6.54. The molecule has 7 nitrogen and oxygen atoms in total. The molecule has 0 aliphatic heterocycles. The number of rotatable bonds is 15. The predicted octanol–water partition coefficient (Wildman–Crippen LogP) is 7.78. The monoisotopic (exact) mass is 532 g/mol. The summed E-state index contributed by atoms with van der Waals surface area (Å²) in [5.74, 6) is 1.02. The number of carboxylic acids is 1. The zero-order valence-corrected chi connectivity index (χ0v) is 23.5. The van der Waals surface area contributed by atoms with Crippen LogP contribution in [0.15, 0.2) is 55.1 Å². The first-order valence-electron chi connectivity index (χ1n) is 13.4. The van der Waals surface area contributed by atoms with Gasteiger partial charge in [0.1, 0.15) is 17.1 Å². The number of anilines is 2. The van der Waals surface area contributed by atoms with Gasteiger partial charge in [-0.25, -0.2) is 4.79 Å². The Hall–Kier alpha value is -4.00. The summed E-state index contributed by atoms with van der Waals surface area (Å²) in [6, 6.07) is 9.83. The highest BCUT2D eigenvalue weighted by Crippen LogP contribution is 2.30. The standard InChI is InChI=1S/C32H40N2O5/c1-21-16-26(11-10-25(5)35)17-22(2)30(21)38-14-8-6-7-9-15-39-31-23(3)18-27(19-24(31)4)34-29-12-13-33-20-28(29)32(36)37/h12-13,16-20,35H,5-11,14-15H2,1-4H3,(H,33,34)(H,36,37). The molecule has 0 aliphatic rings. The van der Waals surface area contributed by atoms with Crippen molar-refractivity contribution in [3.05, 3.63) is 88.4 Å². The number of aromatic nitrogens is 1. The molecule has 0 fully saturated rings. The van der Waals surface area contributed by atoms with E-state index < -0.39 is 5.97 Å². The first kappa shape index (κ1) is 29.6. The van der Waals surface area contributed by atoms with Crippen molar-refractivity contribution in [3.8, 4) is 11.5 Å². The number of aliphatic hydroxyl groups excluding tert-OH is 1. The van der Waals surface area contributed by atoms with E-state index in [2.05, 4.69) is 42.9 Å². The zero-order chi connectivity index (χ0) is 28.4. The van der Waals surface area contributed by atoms with E-state index in [4.69, 9.17) is 9.47 Å². The molecule has 0 aliphatic carbocycles. The summed E-state index contributed by atoms with van der Waals surface area (Å²) < 4.78 is 12.2. The van der Waals surface area contributed by atoms with Crippen LogP contribution in [0.5, 0.6) is 11.5 Å². The summed E-state index contributed by atoms with van der Waals surface area (Å²) >= 11 is 0. The number of unbranched alkanes of at least 4 members (excludes halogenated alkanes) is 3. The normalized spacial score (nSPS) is 10.8. The van der Waals surface area contributed by atoms with Crippen LogP contribution in [-0.2, 0) is 6.42 Å². The van der Waals surface area contributed by atoms with Crippen molar-refractivity contribution in [1.29, 1.82) is 0 Å². The maximum absolute atomic E-state index is 11.5. The zero-order valence-electron chi connectivity index (χ0n) is 23.5. The molecule has 0 amide bonds. The molecule has 0 saturated carbocycles. The Morgan fingerprint density at radius 1 is 0.872 bits per heavy atom. The van der Waals surface area contributed by atoms with Gasteiger partial charge in [0, 0.05) is 24.5 Å². The van der Waals surface area contributed by atoms with Gasteiger partial charge in [0.25, 0.3) is 0 Å². The molecule has 0 atom stereocenters. The maximum atomic E-state index is 11.5. The van der Waals surface area contributed by atoms with Crippen LogP contribution < -0.4 is 14.8 Å². The van der Waals surface area contributed by atoms with Crippen LogP contribution in [0, 0.1) is 27.7 Å². The van der Waals surface area contributed by atoms with E-state index in [1.54, 1.807) is 12.3 Å². The number of carbonyl (C=O) groups is 1. The minimum Gasteiger partial charge on any atom is -0.513 e. The van der Waals surface area contributed by atoms with Gasteiger partial charge in [0.15, 0.2) is 0 Å². The molecule has 0 bridgehead atoms. The molecule has 0 unspecified atom stereocenters. The van der Waals surface area contributed by atoms with Gasteiger partial charge in [0.05, 0.1) is 24.7 Å². The smallest absolute Gasteiger partial charge is 0.339 e. The Balaban J connectivity index is 1.40. The largest absolute Gasteiger partial charge is 0.513 e. The minimum atomic E-state index is -1.02. The quantitative estimate of drug-likeness (QED) is 0.136. The summed E-state index contributed by atoms with van der Waals surface area (Å²) in [6.45, 7) is 13.0. The molecular weight excluding hydrogens is 492 g/mol. The van der Waals surface area contributed by atoms with Crippen molar-refractivity contribution in [1.82, 2.24) is 4.98 Å².